The molecule has 1 aromatic heterocycles. The van der Waals surface area contributed by atoms with Crippen LogP contribution in [0.5, 0.6) is 5.75 Å². The summed E-state index contributed by atoms with van der Waals surface area (Å²) in [5, 5.41) is 14.8. The highest BCUT2D eigenvalue weighted by Gasteiger charge is 2.20. The van der Waals surface area contributed by atoms with E-state index in [0.717, 1.165) is 43.4 Å². The minimum absolute atomic E-state index is 0. The summed E-state index contributed by atoms with van der Waals surface area (Å²) in [7, 11) is 0. The molecule has 3 aromatic rings. The third kappa shape index (κ3) is 5.60. The minimum atomic E-state index is -0.337. The summed E-state index contributed by atoms with van der Waals surface area (Å²) in [6.07, 6.45) is 2.11. The van der Waals surface area contributed by atoms with Gasteiger partial charge in [0.15, 0.2) is 0 Å². The first-order valence-corrected chi connectivity index (χ1v) is 10.3. The van der Waals surface area contributed by atoms with E-state index >= 15 is 0 Å². The maximum atomic E-state index is 12.1. The van der Waals surface area contributed by atoms with Crippen LogP contribution < -0.4 is 10.9 Å². The molecule has 1 aliphatic heterocycles. The van der Waals surface area contributed by atoms with Gasteiger partial charge in [-0.25, -0.2) is 4.79 Å². The standard InChI is InChI=1S/C24H28N2O3.2ClH/c1-16-17(2)24(28)29-23-20(16)8-9-22(27)21(23)14-25-19-10-12-26(13-11-19)15-18-6-4-3-5-7-18;;/h3-9,19,25,27H,10-15H2,1-2H3;2*1H. The normalized spacial score (nSPS) is 14.8. The number of phenolic OH excluding ortho intramolecular Hbond substituents is 1. The van der Waals surface area contributed by atoms with Crippen LogP contribution in [0, 0.1) is 13.8 Å². The molecule has 0 radical (unpaired) electrons. The third-order valence-corrected chi connectivity index (χ3v) is 6.11. The summed E-state index contributed by atoms with van der Waals surface area (Å²) in [5.41, 5.74) is 3.69. The summed E-state index contributed by atoms with van der Waals surface area (Å²) in [5.74, 6) is 0.165. The Kier molecular flexibility index (Phi) is 8.95. The van der Waals surface area contributed by atoms with Crippen LogP contribution in [0.25, 0.3) is 11.0 Å². The van der Waals surface area contributed by atoms with Gasteiger partial charge in [0, 0.05) is 30.1 Å². The van der Waals surface area contributed by atoms with Gasteiger partial charge in [0.05, 0.1) is 5.56 Å². The quantitative estimate of drug-likeness (QED) is 0.535. The SMILES string of the molecule is Cc1c(C)c2ccc(O)c(CNC3CCN(Cc4ccccc4)CC3)c2oc1=O.Cl.Cl. The second kappa shape index (κ2) is 11.0. The van der Waals surface area contributed by atoms with Crippen molar-refractivity contribution in [1.82, 2.24) is 10.2 Å². The summed E-state index contributed by atoms with van der Waals surface area (Å²) in [4.78, 5) is 14.6. The Labute approximate surface area is 195 Å². The molecule has 2 heterocycles. The fourth-order valence-electron chi connectivity index (χ4n) is 4.11. The van der Waals surface area contributed by atoms with Crippen molar-refractivity contribution in [3.8, 4) is 5.75 Å². The molecule has 0 bridgehead atoms. The number of likely N-dealkylation sites (tertiary alicyclic amines) is 1. The number of fused-ring (bicyclic) bond motifs is 1. The van der Waals surface area contributed by atoms with Crippen LogP contribution in [0.3, 0.4) is 0 Å². The van der Waals surface area contributed by atoms with Gasteiger partial charge in [0.2, 0.25) is 0 Å². The van der Waals surface area contributed by atoms with E-state index in [-0.39, 0.29) is 36.2 Å². The van der Waals surface area contributed by atoms with Gasteiger partial charge in [-0.2, -0.15) is 0 Å². The van der Waals surface area contributed by atoms with Crippen molar-refractivity contribution in [2.24, 2.45) is 0 Å². The molecule has 5 nitrogen and oxygen atoms in total. The fraction of sp³-hybridized carbons (Fsp3) is 0.375. The van der Waals surface area contributed by atoms with Gasteiger partial charge in [-0.05, 0) is 63.0 Å². The first kappa shape index (κ1) is 25.2. The van der Waals surface area contributed by atoms with Crippen LogP contribution in [0.1, 0.15) is 35.1 Å². The maximum Gasteiger partial charge on any atom is 0.339 e. The lowest BCUT2D eigenvalue weighted by atomic mass is 10.0. The Morgan fingerprint density at radius 1 is 1.03 bits per heavy atom. The lowest BCUT2D eigenvalue weighted by Gasteiger charge is -2.32. The van der Waals surface area contributed by atoms with Gasteiger partial charge in [0.25, 0.3) is 0 Å². The second-order valence-electron chi connectivity index (χ2n) is 8.00. The van der Waals surface area contributed by atoms with Gasteiger partial charge < -0.3 is 14.8 Å². The molecular formula is C24H30Cl2N2O3. The highest BCUT2D eigenvalue weighted by Crippen LogP contribution is 2.29. The molecule has 2 aromatic carbocycles. The number of aryl methyl sites for hydroxylation is 1. The van der Waals surface area contributed by atoms with E-state index in [2.05, 4.69) is 34.5 Å². The number of phenols is 1. The van der Waals surface area contributed by atoms with E-state index in [1.165, 1.54) is 5.56 Å². The molecule has 0 saturated carbocycles. The van der Waals surface area contributed by atoms with E-state index < -0.39 is 0 Å². The van der Waals surface area contributed by atoms with Crippen molar-refractivity contribution in [3.63, 3.8) is 0 Å². The number of aromatic hydroxyl groups is 1. The number of piperidine rings is 1. The van der Waals surface area contributed by atoms with E-state index in [0.29, 0.717) is 29.3 Å². The Bertz CT molecular complexity index is 1060. The Hall–Kier alpha value is -2.05. The summed E-state index contributed by atoms with van der Waals surface area (Å²) >= 11 is 0. The van der Waals surface area contributed by atoms with E-state index in [9.17, 15) is 9.90 Å². The molecule has 31 heavy (non-hydrogen) atoms. The van der Waals surface area contributed by atoms with Crippen LogP contribution >= 0.6 is 24.8 Å². The molecule has 1 fully saturated rings. The molecular weight excluding hydrogens is 435 g/mol. The molecule has 0 aliphatic carbocycles. The number of nitrogens with one attached hydrogen (secondary N) is 1. The number of rotatable bonds is 5. The fourth-order valence-corrected chi connectivity index (χ4v) is 4.11. The molecule has 0 unspecified atom stereocenters. The predicted molar refractivity (Wildman–Crippen MR) is 130 cm³/mol. The minimum Gasteiger partial charge on any atom is -0.507 e. The van der Waals surface area contributed by atoms with Crippen molar-refractivity contribution < 1.29 is 9.52 Å². The number of hydrogen-bond acceptors (Lipinski definition) is 5. The van der Waals surface area contributed by atoms with Crippen LogP contribution in [-0.2, 0) is 13.1 Å². The lowest BCUT2D eigenvalue weighted by molar-refractivity contribution is 0.190. The van der Waals surface area contributed by atoms with Crippen molar-refractivity contribution in [2.75, 3.05) is 13.1 Å². The van der Waals surface area contributed by atoms with E-state index in [1.807, 2.05) is 19.1 Å². The topological polar surface area (TPSA) is 65.7 Å². The average molecular weight is 465 g/mol. The summed E-state index contributed by atoms with van der Waals surface area (Å²) in [6, 6.07) is 14.5. The Morgan fingerprint density at radius 2 is 1.71 bits per heavy atom. The van der Waals surface area contributed by atoms with Gasteiger partial charge in [0.1, 0.15) is 11.3 Å². The Morgan fingerprint density at radius 3 is 2.39 bits per heavy atom. The van der Waals surface area contributed by atoms with Crippen molar-refractivity contribution >= 4 is 35.8 Å². The third-order valence-electron chi connectivity index (χ3n) is 6.11. The number of benzene rings is 2. The Balaban J connectivity index is 0.00000171. The zero-order valence-electron chi connectivity index (χ0n) is 17.9. The van der Waals surface area contributed by atoms with Crippen molar-refractivity contribution in [1.29, 1.82) is 0 Å². The maximum absolute atomic E-state index is 12.1. The smallest absolute Gasteiger partial charge is 0.339 e. The van der Waals surface area contributed by atoms with Crippen LogP contribution in [-0.4, -0.2) is 29.1 Å². The molecule has 1 aliphatic rings. The first-order chi connectivity index (χ1) is 14.0. The van der Waals surface area contributed by atoms with Crippen LogP contribution in [0.4, 0.5) is 0 Å². The molecule has 7 heteroatoms. The van der Waals surface area contributed by atoms with Crippen molar-refractivity contribution in [3.05, 3.63) is 75.1 Å². The van der Waals surface area contributed by atoms with Gasteiger partial charge >= 0.3 is 5.63 Å². The number of hydrogen-bond donors (Lipinski definition) is 2. The number of halogens is 2. The van der Waals surface area contributed by atoms with E-state index in [4.69, 9.17) is 4.42 Å². The molecule has 1 saturated heterocycles. The molecule has 2 N–H and O–H groups in total. The van der Waals surface area contributed by atoms with Crippen LogP contribution in [0.15, 0.2) is 51.7 Å². The highest BCUT2D eigenvalue weighted by molar-refractivity contribution is 5.86. The van der Waals surface area contributed by atoms with Gasteiger partial charge in [-0.15, -0.1) is 24.8 Å². The second-order valence-corrected chi connectivity index (χ2v) is 8.00. The van der Waals surface area contributed by atoms with Crippen molar-refractivity contribution in [2.45, 2.75) is 45.8 Å². The first-order valence-electron chi connectivity index (χ1n) is 10.3. The highest BCUT2D eigenvalue weighted by atomic mass is 35.5. The molecule has 4 rings (SSSR count). The summed E-state index contributed by atoms with van der Waals surface area (Å²) in [6.45, 7) is 7.25. The van der Waals surface area contributed by atoms with Gasteiger partial charge in [-0.1, -0.05) is 30.3 Å². The van der Waals surface area contributed by atoms with Gasteiger partial charge in [-0.3, -0.25) is 4.90 Å². The predicted octanol–water partition coefficient (Wildman–Crippen LogP) is 4.71. The molecule has 0 amide bonds. The molecule has 0 atom stereocenters. The molecule has 168 valence electrons. The monoisotopic (exact) mass is 464 g/mol. The zero-order chi connectivity index (χ0) is 20.4. The largest absolute Gasteiger partial charge is 0.507 e. The molecule has 0 spiro atoms. The van der Waals surface area contributed by atoms with E-state index in [1.54, 1.807) is 13.0 Å². The summed E-state index contributed by atoms with van der Waals surface area (Å²) < 4.78 is 5.54. The number of nitrogens with zero attached hydrogens (tertiary/aromatic N) is 1. The average Bonchev–Trinajstić information content (AvgIpc) is 2.73. The lowest BCUT2D eigenvalue weighted by Crippen LogP contribution is -2.41. The van der Waals surface area contributed by atoms with Crippen LogP contribution in [0.2, 0.25) is 0 Å². The zero-order valence-corrected chi connectivity index (χ0v) is 19.5.